The molecule has 0 saturated carbocycles. The van der Waals surface area contributed by atoms with Crippen LogP contribution in [0.5, 0.6) is 5.75 Å². The summed E-state index contributed by atoms with van der Waals surface area (Å²) in [5.74, 6) is -0.794. The molecule has 0 unspecified atom stereocenters. The maximum absolute atomic E-state index is 12.0. The highest BCUT2D eigenvalue weighted by Crippen LogP contribution is 2.32. The molecule has 7 nitrogen and oxygen atoms in total. The van der Waals surface area contributed by atoms with Crippen molar-refractivity contribution in [1.29, 1.82) is 0 Å². The van der Waals surface area contributed by atoms with Gasteiger partial charge < -0.3 is 9.47 Å². The lowest BCUT2D eigenvalue weighted by Gasteiger charge is -2.13. The van der Waals surface area contributed by atoms with Crippen molar-refractivity contribution in [2.45, 2.75) is 26.4 Å². The molecule has 2 N–H and O–H groups in total. The molecule has 0 fully saturated rings. The maximum atomic E-state index is 12.0. The van der Waals surface area contributed by atoms with Gasteiger partial charge in [-0.3, -0.25) is 20.4 Å². The van der Waals surface area contributed by atoms with E-state index in [9.17, 15) is 14.4 Å². The van der Waals surface area contributed by atoms with Crippen molar-refractivity contribution >= 4 is 17.8 Å². The first-order valence-electron chi connectivity index (χ1n) is 8.51. The van der Waals surface area contributed by atoms with Gasteiger partial charge in [-0.2, -0.15) is 0 Å². The van der Waals surface area contributed by atoms with Gasteiger partial charge in [-0.15, -0.1) is 0 Å². The van der Waals surface area contributed by atoms with Crippen LogP contribution >= 0.6 is 0 Å². The molecular formula is C20H20N2O5. The monoisotopic (exact) mass is 368 g/mol. The molecule has 1 heterocycles. The lowest BCUT2D eigenvalue weighted by molar-refractivity contribution is -0.131. The van der Waals surface area contributed by atoms with Crippen molar-refractivity contribution in [1.82, 2.24) is 10.9 Å². The van der Waals surface area contributed by atoms with Gasteiger partial charge in [-0.05, 0) is 37.1 Å². The van der Waals surface area contributed by atoms with Gasteiger partial charge in [0.1, 0.15) is 11.9 Å². The summed E-state index contributed by atoms with van der Waals surface area (Å²) in [6.07, 6.45) is -0.738. The van der Waals surface area contributed by atoms with Crippen LogP contribution in [0.1, 0.15) is 39.6 Å². The largest absolute Gasteiger partial charge is 0.483 e. The molecule has 27 heavy (non-hydrogen) atoms. The number of cyclic esters (lactones) is 1. The van der Waals surface area contributed by atoms with Crippen LogP contribution in [0.2, 0.25) is 0 Å². The zero-order valence-electron chi connectivity index (χ0n) is 15.1. The van der Waals surface area contributed by atoms with Crippen molar-refractivity contribution in [3.8, 4) is 5.75 Å². The Hall–Kier alpha value is -3.35. The van der Waals surface area contributed by atoms with Crippen molar-refractivity contribution in [2.75, 3.05) is 6.61 Å². The summed E-state index contributed by atoms with van der Waals surface area (Å²) in [6.45, 7) is 3.58. The molecule has 3 rings (SSSR count). The molecule has 2 aromatic carbocycles. The molecule has 1 aliphatic rings. The predicted octanol–water partition coefficient (Wildman–Crippen LogP) is 2.13. The zero-order chi connectivity index (χ0) is 19.4. The van der Waals surface area contributed by atoms with E-state index in [-0.39, 0.29) is 13.0 Å². The Balaban J connectivity index is 1.46. The second kappa shape index (κ2) is 7.90. The molecule has 2 amide bonds. The highest BCUT2D eigenvalue weighted by molar-refractivity contribution is 5.94. The van der Waals surface area contributed by atoms with Gasteiger partial charge in [-0.25, -0.2) is 4.79 Å². The number of aryl methyl sites for hydroxylation is 2. The highest BCUT2D eigenvalue weighted by Gasteiger charge is 2.32. The SMILES string of the molecule is Cc1ccc(C)c(OCC(=O)NNC(=O)C[C@H]2OC(=O)c3ccccc32)c1. The minimum absolute atomic E-state index is 0.0825. The number of benzene rings is 2. The highest BCUT2D eigenvalue weighted by atomic mass is 16.5. The van der Waals surface area contributed by atoms with E-state index in [1.54, 1.807) is 24.3 Å². The van der Waals surface area contributed by atoms with Crippen LogP contribution in [0.25, 0.3) is 0 Å². The van der Waals surface area contributed by atoms with Crippen molar-refractivity contribution in [3.05, 3.63) is 64.7 Å². The summed E-state index contributed by atoms with van der Waals surface area (Å²) < 4.78 is 10.7. The number of fused-ring (bicyclic) bond motifs is 1. The van der Waals surface area contributed by atoms with E-state index in [0.29, 0.717) is 16.9 Å². The third-order valence-electron chi connectivity index (χ3n) is 4.19. The van der Waals surface area contributed by atoms with Crippen LogP contribution in [0.4, 0.5) is 0 Å². The normalized spacial score (nSPS) is 14.9. The van der Waals surface area contributed by atoms with E-state index in [1.807, 2.05) is 32.0 Å². The fourth-order valence-corrected chi connectivity index (χ4v) is 2.77. The van der Waals surface area contributed by atoms with Crippen molar-refractivity contribution in [3.63, 3.8) is 0 Å². The Bertz CT molecular complexity index is 894. The number of carbonyl (C=O) groups is 3. The number of rotatable bonds is 5. The number of hydrogen-bond acceptors (Lipinski definition) is 5. The Morgan fingerprint density at radius 2 is 1.81 bits per heavy atom. The molecule has 0 spiro atoms. The summed E-state index contributed by atoms with van der Waals surface area (Å²) >= 11 is 0. The molecule has 1 atom stereocenters. The predicted molar refractivity (Wildman–Crippen MR) is 96.9 cm³/mol. The molecule has 0 aromatic heterocycles. The van der Waals surface area contributed by atoms with Crippen molar-refractivity contribution < 1.29 is 23.9 Å². The van der Waals surface area contributed by atoms with Gasteiger partial charge in [0.25, 0.3) is 5.91 Å². The maximum Gasteiger partial charge on any atom is 0.339 e. The summed E-state index contributed by atoms with van der Waals surface area (Å²) in [5, 5.41) is 0. The third kappa shape index (κ3) is 4.44. The van der Waals surface area contributed by atoms with Gasteiger partial charge in [0.05, 0.1) is 12.0 Å². The Morgan fingerprint density at radius 3 is 2.63 bits per heavy atom. The standard InChI is InChI=1S/C20H20N2O5/c1-12-7-8-13(2)16(9-12)26-11-19(24)22-21-18(23)10-17-14-5-3-4-6-15(14)20(25)27-17/h3-9,17H,10-11H2,1-2H3,(H,21,23)(H,22,24)/t17-/m1/s1. The number of esters is 1. The van der Waals surface area contributed by atoms with E-state index < -0.39 is 23.9 Å². The van der Waals surface area contributed by atoms with E-state index in [4.69, 9.17) is 9.47 Å². The molecular weight excluding hydrogens is 348 g/mol. The molecule has 0 radical (unpaired) electrons. The number of ether oxygens (including phenoxy) is 2. The van der Waals surface area contributed by atoms with Crippen LogP contribution in [-0.4, -0.2) is 24.4 Å². The number of hydrogen-bond donors (Lipinski definition) is 2. The van der Waals surface area contributed by atoms with Gasteiger partial charge in [0.15, 0.2) is 6.61 Å². The lowest BCUT2D eigenvalue weighted by atomic mass is 10.0. The third-order valence-corrected chi connectivity index (χ3v) is 4.19. The average molecular weight is 368 g/mol. The number of carbonyl (C=O) groups excluding carboxylic acids is 3. The van der Waals surface area contributed by atoms with Gasteiger partial charge in [0.2, 0.25) is 5.91 Å². The Labute approximate surface area is 156 Å². The van der Waals surface area contributed by atoms with Gasteiger partial charge in [-0.1, -0.05) is 30.3 Å². The average Bonchev–Trinajstić information content (AvgIpc) is 2.97. The zero-order valence-corrected chi connectivity index (χ0v) is 15.1. The summed E-state index contributed by atoms with van der Waals surface area (Å²) in [4.78, 5) is 35.7. The summed E-state index contributed by atoms with van der Waals surface area (Å²) in [5.41, 5.74) is 7.67. The lowest BCUT2D eigenvalue weighted by Crippen LogP contribution is -2.44. The quantitative estimate of drug-likeness (QED) is 0.623. The molecule has 2 aromatic rings. The van der Waals surface area contributed by atoms with Crippen LogP contribution in [0, 0.1) is 13.8 Å². The Kier molecular flexibility index (Phi) is 5.40. The van der Waals surface area contributed by atoms with Crippen LogP contribution in [0.15, 0.2) is 42.5 Å². The second-order valence-electron chi connectivity index (χ2n) is 6.34. The number of nitrogens with one attached hydrogen (secondary N) is 2. The molecule has 7 heteroatoms. The molecule has 140 valence electrons. The van der Waals surface area contributed by atoms with Crippen LogP contribution in [0.3, 0.4) is 0 Å². The molecule has 0 saturated heterocycles. The summed E-state index contributed by atoms with van der Waals surface area (Å²) in [7, 11) is 0. The molecule has 0 aliphatic carbocycles. The van der Waals surface area contributed by atoms with E-state index in [2.05, 4.69) is 10.9 Å². The van der Waals surface area contributed by atoms with Crippen LogP contribution in [-0.2, 0) is 14.3 Å². The first kappa shape index (κ1) is 18.4. The minimum Gasteiger partial charge on any atom is -0.483 e. The van der Waals surface area contributed by atoms with E-state index in [0.717, 1.165) is 11.1 Å². The molecule has 0 bridgehead atoms. The molecule has 1 aliphatic heterocycles. The number of amides is 2. The van der Waals surface area contributed by atoms with Gasteiger partial charge in [0, 0.05) is 5.56 Å². The fraction of sp³-hybridized carbons (Fsp3) is 0.250. The van der Waals surface area contributed by atoms with Crippen molar-refractivity contribution in [2.24, 2.45) is 0 Å². The van der Waals surface area contributed by atoms with Crippen LogP contribution < -0.4 is 15.6 Å². The first-order valence-corrected chi connectivity index (χ1v) is 8.51. The minimum atomic E-state index is -0.656. The smallest absolute Gasteiger partial charge is 0.339 e. The second-order valence-corrected chi connectivity index (χ2v) is 6.34. The number of hydrazine groups is 1. The topological polar surface area (TPSA) is 93.7 Å². The first-order chi connectivity index (χ1) is 12.9. The van der Waals surface area contributed by atoms with Gasteiger partial charge >= 0.3 is 5.97 Å². The van der Waals surface area contributed by atoms with E-state index >= 15 is 0 Å². The summed E-state index contributed by atoms with van der Waals surface area (Å²) in [6, 6.07) is 12.6. The van der Waals surface area contributed by atoms with E-state index in [1.165, 1.54) is 0 Å². The fourth-order valence-electron chi connectivity index (χ4n) is 2.77. The Morgan fingerprint density at radius 1 is 1.07 bits per heavy atom.